The van der Waals surface area contributed by atoms with Crippen LogP contribution in [0.4, 0.5) is 0 Å². The van der Waals surface area contributed by atoms with Gasteiger partial charge in [0.05, 0.1) is 0 Å². The van der Waals surface area contributed by atoms with Crippen molar-refractivity contribution in [2.75, 3.05) is 0 Å². The van der Waals surface area contributed by atoms with Crippen LogP contribution < -0.4 is 0 Å². The normalized spacial score (nSPS) is 12.5. The molecule has 0 nitrogen and oxygen atoms in total. The summed E-state index contributed by atoms with van der Waals surface area (Å²) in [7, 11) is 0. The molecule has 0 fully saturated rings. The Hall–Kier alpha value is -2.41. The molecule has 40 heavy (non-hydrogen) atoms. The van der Waals surface area contributed by atoms with Crippen LogP contribution in [0.1, 0.15) is 88.3 Å². The van der Waals surface area contributed by atoms with Crippen molar-refractivity contribution in [2.45, 2.75) is 94.7 Å². The molecule has 1 aliphatic carbocycles. The van der Waals surface area contributed by atoms with E-state index in [0.717, 1.165) is 0 Å². The van der Waals surface area contributed by atoms with E-state index in [2.05, 4.69) is 116 Å². The molecule has 0 radical (unpaired) electrons. The Kier molecular flexibility index (Phi) is 8.89. The van der Waals surface area contributed by atoms with Gasteiger partial charge in [-0.15, -0.1) is 0 Å². The van der Waals surface area contributed by atoms with Crippen molar-refractivity contribution in [1.29, 1.82) is 0 Å². The van der Waals surface area contributed by atoms with E-state index < -0.39 is 17.9 Å². The Labute approximate surface area is 250 Å². The molecule has 0 spiro atoms. The first-order valence-corrected chi connectivity index (χ1v) is 18.6. The molecule has 0 bridgehead atoms. The third kappa shape index (κ3) is 5.55. The first-order chi connectivity index (χ1) is 19.2. The summed E-state index contributed by atoms with van der Waals surface area (Å²) in [6.07, 6.45) is 5.40. The number of fused-ring (bicyclic) bond motifs is 3. The van der Waals surface area contributed by atoms with Gasteiger partial charge in [-0.05, 0) is 0 Å². The van der Waals surface area contributed by atoms with Crippen LogP contribution >= 0.6 is 0 Å². The maximum absolute atomic E-state index is 2.55. The van der Waals surface area contributed by atoms with E-state index in [-0.39, 0.29) is 0 Å². The minimum absolute atomic E-state index is 0.659. The number of hydrogen-bond donors (Lipinski definition) is 0. The van der Waals surface area contributed by atoms with Crippen LogP contribution in [-0.4, -0.2) is 0 Å². The molecule has 0 heterocycles. The first-order valence-electron chi connectivity index (χ1n) is 15.5. The van der Waals surface area contributed by atoms with Crippen LogP contribution in [0.2, 0.25) is 9.45 Å². The molecule has 0 saturated carbocycles. The zero-order valence-electron chi connectivity index (χ0n) is 26.1. The summed E-state index contributed by atoms with van der Waals surface area (Å²) in [5.41, 5.74) is 20.0. The van der Waals surface area contributed by atoms with E-state index in [0.29, 0.717) is 4.22 Å². The Morgan fingerprint density at radius 1 is 0.525 bits per heavy atom. The molecule has 4 aromatic rings. The van der Waals surface area contributed by atoms with E-state index in [1.165, 1.54) is 102 Å². The predicted octanol–water partition coefficient (Wildman–Crippen LogP) is 12.0. The summed E-state index contributed by atoms with van der Waals surface area (Å²) in [6.45, 7) is 18.3. The number of hydrogen-bond acceptors (Lipinski definition) is 0. The van der Waals surface area contributed by atoms with Crippen molar-refractivity contribution in [3.8, 4) is 33.4 Å². The average molecular weight is 564 g/mol. The van der Waals surface area contributed by atoms with Gasteiger partial charge in [0.25, 0.3) is 0 Å². The summed E-state index contributed by atoms with van der Waals surface area (Å²) >= 11 is -1.37. The topological polar surface area (TPSA) is 0 Å². The Morgan fingerprint density at radius 3 is 1.25 bits per heavy atom. The predicted molar refractivity (Wildman–Crippen MR) is 172 cm³/mol. The van der Waals surface area contributed by atoms with Crippen LogP contribution in [-0.2, 0) is 17.9 Å². The van der Waals surface area contributed by atoms with Crippen LogP contribution in [0.3, 0.4) is 0 Å². The van der Waals surface area contributed by atoms with Crippen molar-refractivity contribution in [3.63, 3.8) is 0 Å². The molecule has 0 atom stereocenters. The van der Waals surface area contributed by atoms with Gasteiger partial charge >= 0.3 is 251 Å². The third-order valence-corrected chi connectivity index (χ3v) is 14.4. The molecule has 1 heteroatoms. The van der Waals surface area contributed by atoms with Gasteiger partial charge in [0, 0.05) is 0 Å². The van der Waals surface area contributed by atoms with Gasteiger partial charge in [0.15, 0.2) is 0 Å². The van der Waals surface area contributed by atoms with E-state index in [9.17, 15) is 0 Å². The third-order valence-electron chi connectivity index (χ3n) is 9.06. The molecule has 4 aromatic carbocycles. The van der Waals surface area contributed by atoms with Gasteiger partial charge in [-0.2, -0.15) is 0 Å². The quantitative estimate of drug-likeness (QED) is 0.178. The van der Waals surface area contributed by atoms with Crippen LogP contribution in [0.15, 0.2) is 60.7 Å². The molecular weight excluding hydrogens is 516 g/mol. The number of rotatable bonds is 9. The molecule has 0 aliphatic heterocycles. The Balaban J connectivity index is 1.71. The van der Waals surface area contributed by atoms with Crippen LogP contribution in [0.25, 0.3) is 33.4 Å². The fourth-order valence-corrected chi connectivity index (χ4v) is 13.5. The molecule has 0 amide bonds. The second-order valence-electron chi connectivity index (χ2n) is 12.4. The van der Waals surface area contributed by atoms with E-state index in [4.69, 9.17) is 0 Å². The summed E-state index contributed by atoms with van der Waals surface area (Å²) in [4.78, 5) is 0. The van der Waals surface area contributed by atoms with E-state index in [1.807, 2.05) is 0 Å². The molecule has 5 rings (SSSR count). The van der Waals surface area contributed by atoms with Gasteiger partial charge < -0.3 is 0 Å². The number of benzene rings is 4. The monoisotopic (exact) mass is 563 g/mol. The first kappa shape index (κ1) is 29.1. The average Bonchev–Trinajstić information content (AvgIpc) is 3.21. The number of unbranched alkanes of at least 4 members (excludes halogenated alkanes) is 2. The number of aryl methyl sites for hydroxylation is 6. The van der Waals surface area contributed by atoms with Crippen LogP contribution in [0.5, 0.6) is 0 Å². The van der Waals surface area contributed by atoms with Crippen molar-refractivity contribution >= 4 is 0 Å². The van der Waals surface area contributed by atoms with Gasteiger partial charge in [-0.1, -0.05) is 0 Å². The molecule has 0 N–H and O–H groups in total. The zero-order valence-corrected chi connectivity index (χ0v) is 27.7. The maximum atomic E-state index is 2.55. The molecule has 207 valence electrons. The van der Waals surface area contributed by atoms with Gasteiger partial charge in [-0.3, -0.25) is 0 Å². The molecule has 0 unspecified atom stereocenters. The zero-order chi connectivity index (χ0) is 28.6. The Bertz CT molecular complexity index is 1380. The molecule has 0 aromatic heterocycles. The Morgan fingerprint density at radius 2 is 0.900 bits per heavy atom. The van der Waals surface area contributed by atoms with Crippen LogP contribution in [0, 0.1) is 41.5 Å². The second-order valence-corrected chi connectivity index (χ2v) is 17.0. The summed E-state index contributed by atoms with van der Waals surface area (Å²) < 4.78 is 3.62. The minimum atomic E-state index is -1.37. The molecular formula is C39H47Ti. The van der Waals surface area contributed by atoms with Crippen molar-refractivity contribution in [1.82, 2.24) is 0 Å². The van der Waals surface area contributed by atoms with Gasteiger partial charge in [-0.25, -0.2) is 0 Å². The fraction of sp³-hybridized carbons (Fsp3) is 0.385. The second kappa shape index (κ2) is 12.2. The van der Waals surface area contributed by atoms with E-state index in [1.54, 1.807) is 11.1 Å². The summed E-state index contributed by atoms with van der Waals surface area (Å²) in [6, 6.07) is 24.4. The molecule has 0 saturated heterocycles. The van der Waals surface area contributed by atoms with Gasteiger partial charge in [0.2, 0.25) is 0 Å². The van der Waals surface area contributed by atoms with Crippen molar-refractivity contribution < 1.29 is 17.9 Å². The SMILES string of the molecule is CCC[CH2][Ti]([CH2]CCC)[CH]1c2ccc(-c3c(C)cc(C)cc3C)cc2-c2cc(-c3c(C)cc(C)cc3C)ccc21. The van der Waals surface area contributed by atoms with E-state index >= 15 is 0 Å². The summed E-state index contributed by atoms with van der Waals surface area (Å²) in [5, 5.41) is 0. The van der Waals surface area contributed by atoms with Gasteiger partial charge in [0.1, 0.15) is 0 Å². The van der Waals surface area contributed by atoms with Crippen molar-refractivity contribution in [3.05, 3.63) is 105 Å². The summed E-state index contributed by atoms with van der Waals surface area (Å²) in [5.74, 6) is 0. The fourth-order valence-electron chi connectivity index (χ4n) is 7.49. The van der Waals surface area contributed by atoms with Crippen molar-refractivity contribution in [2.24, 2.45) is 0 Å². The molecule has 1 aliphatic rings. The standard InChI is InChI=1S/C31H29.2C4H9.Ti/c1-18-11-20(3)30(21(4)12-18)26-9-7-24-15-25-8-10-27(17-29(25)28(24)16-26)31-22(5)13-19(2)14-23(31)6;2*1-3-4-2;/h7-17H,1-6H3;2*1,3-4H2,2H3;.